The molecule has 0 bridgehead atoms. The van der Waals surface area contributed by atoms with Gasteiger partial charge in [0.1, 0.15) is 17.7 Å². The maximum Gasteiger partial charge on any atom is 0.121 e. The van der Waals surface area contributed by atoms with Crippen LogP contribution in [0, 0.1) is 17.8 Å². The Labute approximate surface area is 233 Å². The molecule has 0 spiro atoms. The van der Waals surface area contributed by atoms with Gasteiger partial charge in [0, 0.05) is 19.6 Å². The largest absolute Gasteiger partial charge is 0.394 e. The van der Waals surface area contributed by atoms with E-state index in [0.29, 0.717) is 17.8 Å². The number of ether oxygens (including phenoxy) is 3. The second-order valence-corrected chi connectivity index (χ2v) is 12.6. The Kier molecular flexibility index (Phi) is 15.2. The highest BCUT2D eigenvalue weighted by atomic mass is 16.6. The van der Waals surface area contributed by atoms with E-state index in [1.807, 2.05) is 7.05 Å². The predicted molar refractivity (Wildman–Crippen MR) is 153 cm³/mol. The molecular weight excluding hydrogens is 486 g/mol. The third-order valence-electron chi connectivity index (χ3n) is 8.30. The van der Waals surface area contributed by atoms with E-state index >= 15 is 0 Å². The van der Waals surface area contributed by atoms with Crippen LogP contribution in [0.2, 0.25) is 0 Å². The standard InChI is InChI=1S/2C10H21NO2.C9H19NO2/c1-8(2)5-10(3)11(4)6-9(7-12)13-10;1-4-5-8(2)10-11(3)6-9(7-12)13-10;1-7(2)9(3)10(4)5-8(6-11)12-9/h8-9,12H,5-7H2,1-4H3;8-10,12H,4-7H2,1-3H3;7-8,11H,5-6H2,1-4H3. The number of hydrogen-bond acceptors (Lipinski definition) is 9. The molecule has 3 heterocycles. The molecule has 3 aliphatic heterocycles. The van der Waals surface area contributed by atoms with E-state index in [-0.39, 0.29) is 55.8 Å². The van der Waals surface area contributed by atoms with Crippen molar-refractivity contribution in [3.8, 4) is 0 Å². The highest BCUT2D eigenvalue weighted by Crippen LogP contribution is 2.32. The first kappa shape index (κ1) is 35.7. The Morgan fingerprint density at radius 1 is 0.789 bits per heavy atom. The number of rotatable bonds is 9. The van der Waals surface area contributed by atoms with Gasteiger partial charge in [0.05, 0.1) is 38.1 Å². The van der Waals surface area contributed by atoms with Crippen molar-refractivity contribution in [1.82, 2.24) is 14.7 Å². The Balaban J connectivity index is 0.000000285. The summed E-state index contributed by atoms with van der Waals surface area (Å²) in [5, 5.41) is 26.9. The molecule has 3 saturated heterocycles. The van der Waals surface area contributed by atoms with Crippen LogP contribution >= 0.6 is 0 Å². The minimum Gasteiger partial charge on any atom is -0.394 e. The second kappa shape index (κ2) is 16.2. The molecule has 3 aliphatic rings. The first-order valence-electron chi connectivity index (χ1n) is 14.6. The van der Waals surface area contributed by atoms with Crippen LogP contribution in [0.3, 0.4) is 0 Å². The van der Waals surface area contributed by atoms with Gasteiger partial charge in [0.2, 0.25) is 0 Å². The van der Waals surface area contributed by atoms with Gasteiger partial charge in [-0.2, -0.15) is 0 Å². The van der Waals surface area contributed by atoms with Gasteiger partial charge in [-0.15, -0.1) is 0 Å². The van der Waals surface area contributed by atoms with E-state index in [2.05, 4.69) is 84.2 Å². The van der Waals surface area contributed by atoms with E-state index in [0.717, 1.165) is 26.1 Å². The third kappa shape index (κ3) is 9.93. The van der Waals surface area contributed by atoms with Crippen molar-refractivity contribution >= 4 is 0 Å². The molecule has 7 atom stereocenters. The van der Waals surface area contributed by atoms with E-state index in [1.165, 1.54) is 12.8 Å². The molecule has 0 aromatic heterocycles. The molecular formula is C29H61N3O6. The number of aliphatic hydroxyl groups is 3. The van der Waals surface area contributed by atoms with Gasteiger partial charge in [-0.05, 0) is 65.6 Å². The summed E-state index contributed by atoms with van der Waals surface area (Å²) in [6.07, 6.45) is 3.61. The molecule has 0 saturated carbocycles. The summed E-state index contributed by atoms with van der Waals surface area (Å²) in [6.45, 7) is 20.1. The first-order chi connectivity index (χ1) is 17.7. The fraction of sp³-hybridized carbons (Fsp3) is 1.00. The molecule has 228 valence electrons. The van der Waals surface area contributed by atoms with Gasteiger partial charge >= 0.3 is 0 Å². The maximum absolute atomic E-state index is 9.00. The normalized spacial score (nSPS) is 35.4. The number of nitrogens with zero attached hydrogens (tertiary/aromatic N) is 3. The third-order valence-corrected chi connectivity index (χ3v) is 8.30. The van der Waals surface area contributed by atoms with Crippen molar-refractivity contribution in [3.63, 3.8) is 0 Å². The van der Waals surface area contributed by atoms with Crippen LogP contribution in [0.15, 0.2) is 0 Å². The number of hydrogen-bond donors (Lipinski definition) is 3. The van der Waals surface area contributed by atoms with Gasteiger partial charge in [-0.1, -0.05) is 48.0 Å². The van der Waals surface area contributed by atoms with Gasteiger partial charge in [-0.3, -0.25) is 14.7 Å². The van der Waals surface area contributed by atoms with Gasteiger partial charge in [0.25, 0.3) is 0 Å². The fourth-order valence-corrected chi connectivity index (χ4v) is 5.70. The lowest BCUT2D eigenvalue weighted by molar-refractivity contribution is -0.121. The summed E-state index contributed by atoms with van der Waals surface area (Å²) in [6, 6.07) is 0. The van der Waals surface area contributed by atoms with Crippen LogP contribution in [-0.2, 0) is 14.2 Å². The molecule has 9 heteroatoms. The quantitative estimate of drug-likeness (QED) is 0.403. The zero-order valence-corrected chi connectivity index (χ0v) is 26.3. The Morgan fingerprint density at radius 2 is 1.32 bits per heavy atom. The molecule has 3 fully saturated rings. The van der Waals surface area contributed by atoms with E-state index in [4.69, 9.17) is 29.5 Å². The summed E-state index contributed by atoms with van der Waals surface area (Å²) in [4.78, 5) is 6.55. The smallest absolute Gasteiger partial charge is 0.121 e. The lowest BCUT2D eigenvalue weighted by Gasteiger charge is -2.34. The molecule has 0 aromatic carbocycles. The molecule has 9 nitrogen and oxygen atoms in total. The SMILES string of the molecule is CC(C)C1(C)OC(CO)CN1C.CC(C)CC1(C)OC(CO)CN1C.CCCC(C)C1OC(CO)CN1C. The average Bonchev–Trinajstić information content (AvgIpc) is 3.47. The van der Waals surface area contributed by atoms with E-state index in [9.17, 15) is 0 Å². The molecule has 0 aromatic rings. The van der Waals surface area contributed by atoms with Crippen molar-refractivity contribution in [3.05, 3.63) is 0 Å². The summed E-state index contributed by atoms with van der Waals surface area (Å²) >= 11 is 0. The zero-order chi connectivity index (χ0) is 29.3. The second-order valence-electron chi connectivity index (χ2n) is 12.6. The van der Waals surface area contributed by atoms with Crippen LogP contribution in [0.1, 0.15) is 74.7 Å². The van der Waals surface area contributed by atoms with Crippen molar-refractivity contribution in [2.24, 2.45) is 17.8 Å². The summed E-state index contributed by atoms with van der Waals surface area (Å²) in [7, 11) is 6.15. The molecule has 0 aliphatic carbocycles. The molecule has 3 N–H and O–H groups in total. The predicted octanol–water partition coefficient (Wildman–Crippen LogP) is 2.82. The lowest BCUT2D eigenvalue weighted by atomic mass is 10.0. The Bertz CT molecular complexity index is 656. The van der Waals surface area contributed by atoms with E-state index < -0.39 is 0 Å². The fourth-order valence-electron chi connectivity index (χ4n) is 5.70. The van der Waals surface area contributed by atoms with Crippen molar-refractivity contribution in [1.29, 1.82) is 0 Å². The van der Waals surface area contributed by atoms with Crippen LogP contribution in [-0.4, -0.2) is 127 Å². The van der Waals surface area contributed by atoms with Gasteiger partial charge < -0.3 is 29.5 Å². The van der Waals surface area contributed by atoms with Gasteiger partial charge in [-0.25, -0.2) is 0 Å². The average molecular weight is 548 g/mol. The minimum atomic E-state index is -0.201. The topological polar surface area (TPSA) is 98.1 Å². The Hall–Kier alpha value is -0.360. The molecule has 3 rings (SSSR count). The molecule has 38 heavy (non-hydrogen) atoms. The molecule has 0 amide bonds. The zero-order valence-electron chi connectivity index (χ0n) is 26.3. The van der Waals surface area contributed by atoms with Crippen LogP contribution in [0.5, 0.6) is 0 Å². The maximum atomic E-state index is 9.00. The Morgan fingerprint density at radius 3 is 1.68 bits per heavy atom. The molecule has 7 unspecified atom stereocenters. The summed E-state index contributed by atoms with van der Waals surface area (Å²) in [5.41, 5.74) is -0.380. The first-order valence-corrected chi connectivity index (χ1v) is 14.6. The van der Waals surface area contributed by atoms with Crippen molar-refractivity contribution in [2.75, 3.05) is 60.6 Å². The van der Waals surface area contributed by atoms with Crippen molar-refractivity contribution < 1.29 is 29.5 Å². The van der Waals surface area contributed by atoms with E-state index in [1.54, 1.807) is 0 Å². The van der Waals surface area contributed by atoms with Crippen LogP contribution < -0.4 is 0 Å². The monoisotopic (exact) mass is 547 g/mol. The van der Waals surface area contributed by atoms with Gasteiger partial charge in [0.15, 0.2) is 0 Å². The lowest BCUT2D eigenvalue weighted by Crippen LogP contribution is -2.44. The van der Waals surface area contributed by atoms with Crippen molar-refractivity contribution in [2.45, 2.75) is 111 Å². The van der Waals surface area contributed by atoms with Crippen LogP contribution in [0.25, 0.3) is 0 Å². The number of aliphatic hydroxyl groups excluding tert-OH is 3. The summed E-state index contributed by atoms with van der Waals surface area (Å²) in [5.74, 6) is 1.62. The molecule has 0 radical (unpaired) electrons. The highest BCUT2D eigenvalue weighted by Gasteiger charge is 2.43. The summed E-state index contributed by atoms with van der Waals surface area (Å²) < 4.78 is 17.3. The minimum absolute atomic E-state index is 0.00579. The number of likely N-dealkylation sites (N-methyl/N-ethyl adjacent to an activating group) is 3. The van der Waals surface area contributed by atoms with Crippen LogP contribution in [0.4, 0.5) is 0 Å². The highest BCUT2D eigenvalue weighted by molar-refractivity contribution is 4.87.